The van der Waals surface area contributed by atoms with Crippen molar-refractivity contribution in [3.05, 3.63) is 54.1 Å². The Morgan fingerprint density at radius 3 is 2.37 bits per heavy atom. The molecular formula is C20H27N3O3S. The van der Waals surface area contributed by atoms with Gasteiger partial charge >= 0.3 is 0 Å². The lowest BCUT2D eigenvalue weighted by atomic mass is 10.2. The van der Waals surface area contributed by atoms with E-state index in [1.165, 1.54) is 0 Å². The van der Waals surface area contributed by atoms with Crippen LogP contribution in [0.3, 0.4) is 0 Å². The minimum Gasteiger partial charge on any atom is -0.383 e. The second-order valence-corrected chi connectivity index (χ2v) is 8.47. The van der Waals surface area contributed by atoms with Crippen LogP contribution in [0.5, 0.6) is 0 Å². The maximum atomic E-state index is 12.5. The van der Waals surface area contributed by atoms with E-state index in [0.29, 0.717) is 5.69 Å². The van der Waals surface area contributed by atoms with Crippen LogP contribution < -0.4 is 9.62 Å². The zero-order chi connectivity index (χ0) is 19.3. The van der Waals surface area contributed by atoms with Crippen molar-refractivity contribution in [1.29, 1.82) is 0 Å². The van der Waals surface area contributed by atoms with Crippen LogP contribution in [0.15, 0.2) is 53.4 Å². The fourth-order valence-electron chi connectivity index (χ4n) is 3.19. The normalized spacial score (nSPS) is 15.7. The molecule has 0 aliphatic carbocycles. The molecule has 0 aromatic heterocycles. The monoisotopic (exact) mass is 389 g/mol. The minimum absolute atomic E-state index is 0.277. The van der Waals surface area contributed by atoms with Gasteiger partial charge in [-0.15, -0.1) is 0 Å². The van der Waals surface area contributed by atoms with Crippen molar-refractivity contribution >= 4 is 21.4 Å². The van der Waals surface area contributed by atoms with Gasteiger partial charge in [0, 0.05) is 51.2 Å². The standard InChI is InChI=1S/C20H27N3O3S/c1-17-4-3-5-20(16-17)27(24,25)21-18-6-8-19(9-7-18)23-12-10-22(11-13-23)14-15-26-2/h3-9,16,21H,10-15H2,1-2H3. The molecule has 6 nitrogen and oxygen atoms in total. The summed E-state index contributed by atoms with van der Waals surface area (Å²) in [5, 5.41) is 0. The molecule has 7 heteroatoms. The molecule has 0 atom stereocenters. The molecule has 0 radical (unpaired) electrons. The highest BCUT2D eigenvalue weighted by Gasteiger charge is 2.18. The zero-order valence-electron chi connectivity index (χ0n) is 15.9. The van der Waals surface area contributed by atoms with Gasteiger partial charge in [-0.2, -0.15) is 0 Å². The molecule has 0 spiro atoms. The molecular weight excluding hydrogens is 362 g/mol. The lowest BCUT2D eigenvalue weighted by Crippen LogP contribution is -2.47. The van der Waals surface area contributed by atoms with Crippen molar-refractivity contribution in [3.8, 4) is 0 Å². The van der Waals surface area contributed by atoms with Crippen LogP contribution >= 0.6 is 0 Å². The van der Waals surface area contributed by atoms with Crippen molar-refractivity contribution in [2.75, 3.05) is 56.1 Å². The number of hydrogen-bond donors (Lipinski definition) is 1. The number of ether oxygens (including phenoxy) is 1. The van der Waals surface area contributed by atoms with Gasteiger partial charge in [-0.3, -0.25) is 9.62 Å². The fourth-order valence-corrected chi connectivity index (χ4v) is 4.35. The third-order valence-electron chi connectivity index (χ3n) is 4.77. The van der Waals surface area contributed by atoms with Crippen molar-refractivity contribution in [2.24, 2.45) is 0 Å². The molecule has 1 saturated heterocycles. The van der Waals surface area contributed by atoms with Gasteiger partial charge in [-0.05, 0) is 48.9 Å². The Hall–Kier alpha value is -2.09. The Morgan fingerprint density at radius 2 is 1.74 bits per heavy atom. The third kappa shape index (κ3) is 5.22. The van der Waals surface area contributed by atoms with E-state index in [9.17, 15) is 8.42 Å². The molecule has 0 saturated carbocycles. The third-order valence-corrected chi connectivity index (χ3v) is 6.15. The van der Waals surface area contributed by atoms with Crippen LogP contribution in [0.2, 0.25) is 0 Å². The van der Waals surface area contributed by atoms with E-state index < -0.39 is 10.0 Å². The predicted octanol–water partition coefficient (Wildman–Crippen LogP) is 2.56. The summed E-state index contributed by atoms with van der Waals surface area (Å²) < 4.78 is 32.8. The Labute approximate surface area is 161 Å². The maximum absolute atomic E-state index is 12.5. The number of methoxy groups -OCH3 is 1. The van der Waals surface area contributed by atoms with Crippen molar-refractivity contribution in [1.82, 2.24) is 4.90 Å². The molecule has 1 aliphatic heterocycles. The Kier molecular flexibility index (Phi) is 6.36. The summed E-state index contributed by atoms with van der Waals surface area (Å²) in [6, 6.07) is 14.5. The van der Waals surface area contributed by atoms with Crippen LogP contribution in [0, 0.1) is 6.92 Å². The second-order valence-electron chi connectivity index (χ2n) is 6.79. The quantitative estimate of drug-likeness (QED) is 0.789. The Morgan fingerprint density at radius 1 is 1.04 bits per heavy atom. The van der Waals surface area contributed by atoms with Crippen LogP contribution in [0.4, 0.5) is 11.4 Å². The molecule has 1 heterocycles. The zero-order valence-corrected chi connectivity index (χ0v) is 16.7. The van der Waals surface area contributed by atoms with Gasteiger partial charge in [-0.1, -0.05) is 12.1 Å². The van der Waals surface area contributed by atoms with Crippen LogP contribution in [0.1, 0.15) is 5.56 Å². The molecule has 146 valence electrons. The highest BCUT2D eigenvalue weighted by Crippen LogP contribution is 2.22. The van der Waals surface area contributed by atoms with Gasteiger partial charge in [-0.25, -0.2) is 8.42 Å². The van der Waals surface area contributed by atoms with Gasteiger partial charge in [0.15, 0.2) is 0 Å². The molecule has 3 rings (SSSR count). The van der Waals surface area contributed by atoms with Gasteiger partial charge in [0.2, 0.25) is 0 Å². The highest BCUT2D eigenvalue weighted by atomic mass is 32.2. The molecule has 2 aromatic carbocycles. The predicted molar refractivity (Wildman–Crippen MR) is 109 cm³/mol. The summed E-state index contributed by atoms with van der Waals surface area (Å²) in [5.41, 5.74) is 2.59. The van der Waals surface area contributed by atoms with Gasteiger partial charge in [0.05, 0.1) is 11.5 Å². The molecule has 2 aromatic rings. The average Bonchev–Trinajstić information content (AvgIpc) is 2.67. The number of piperazine rings is 1. The van der Waals surface area contributed by atoms with E-state index in [4.69, 9.17) is 4.74 Å². The first-order valence-electron chi connectivity index (χ1n) is 9.14. The van der Waals surface area contributed by atoms with E-state index >= 15 is 0 Å². The van der Waals surface area contributed by atoms with Crippen molar-refractivity contribution in [2.45, 2.75) is 11.8 Å². The van der Waals surface area contributed by atoms with Crippen molar-refractivity contribution in [3.63, 3.8) is 0 Å². The number of nitrogens with zero attached hydrogens (tertiary/aromatic N) is 2. The lowest BCUT2D eigenvalue weighted by Gasteiger charge is -2.36. The van der Waals surface area contributed by atoms with Gasteiger partial charge < -0.3 is 9.64 Å². The topological polar surface area (TPSA) is 61.9 Å². The highest BCUT2D eigenvalue weighted by molar-refractivity contribution is 7.92. The first-order valence-corrected chi connectivity index (χ1v) is 10.6. The summed E-state index contributed by atoms with van der Waals surface area (Å²) in [7, 11) is -1.84. The molecule has 1 aliphatic rings. The number of nitrogens with one attached hydrogen (secondary N) is 1. The van der Waals surface area contributed by atoms with E-state index in [0.717, 1.165) is 50.6 Å². The van der Waals surface area contributed by atoms with Crippen LogP contribution in [0.25, 0.3) is 0 Å². The summed E-state index contributed by atoms with van der Waals surface area (Å²) in [4.78, 5) is 4.99. The van der Waals surface area contributed by atoms with E-state index in [-0.39, 0.29) is 4.90 Å². The lowest BCUT2D eigenvalue weighted by molar-refractivity contribution is 0.144. The maximum Gasteiger partial charge on any atom is 0.261 e. The van der Waals surface area contributed by atoms with Gasteiger partial charge in [0.25, 0.3) is 10.0 Å². The largest absolute Gasteiger partial charge is 0.383 e. The molecule has 27 heavy (non-hydrogen) atoms. The van der Waals surface area contributed by atoms with Crippen LogP contribution in [-0.2, 0) is 14.8 Å². The molecule has 1 N–H and O–H groups in total. The first kappa shape index (κ1) is 19.7. The fraction of sp³-hybridized carbons (Fsp3) is 0.400. The summed E-state index contributed by atoms with van der Waals surface area (Å²) in [6.45, 7) is 7.52. The summed E-state index contributed by atoms with van der Waals surface area (Å²) >= 11 is 0. The average molecular weight is 390 g/mol. The van der Waals surface area contributed by atoms with Gasteiger partial charge in [0.1, 0.15) is 0 Å². The number of hydrogen-bond acceptors (Lipinski definition) is 5. The second kappa shape index (κ2) is 8.73. The smallest absolute Gasteiger partial charge is 0.261 e. The SMILES string of the molecule is COCCN1CCN(c2ccc(NS(=O)(=O)c3cccc(C)c3)cc2)CC1. The van der Waals surface area contributed by atoms with E-state index in [1.54, 1.807) is 25.3 Å². The molecule has 1 fully saturated rings. The molecule has 0 bridgehead atoms. The molecule has 0 unspecified atom stereocenters. The van der Waals surface area contributed by atoms with Crippen molar-refractivity contribution < 1.29 is 13.2 Å². The van der Waals surface area contributed by atoms with Crippen LogP contribution in [-0.4, -0.2) is 59.8 Å². The summed E-state index contributed by atoms with van der Waals surface area (Å²) in [5.74, 6) is 0. The number of rotatable bonds is 7. The minimum atomic E-state index is -3.57. The van der Waals surface area contributed by atoms with E-state index in [2.05, 4.69) is 14.5 Å². The first-order chi connectivity index (χ1) is 13.0. The number of aryl methyl sites for hydroxylation is 1. The van der Waals surface area contributed by atoms with E-state index in [1.807, 2.05) is 37.3 Å². The number of benzene rings is 2. The number of sulfonamides is 1. The summed E-state index contributed by atoms with van der Waals surface area (Å²) in [6.07, 6.45) is 0. The Balaban J connectivity index is 1.61. The Bertz CT molecular complexity index is 845. The molecule has 0 amide bonds. The number of anilines is 2.